The van der Waals surface area contributed by atoms with E-state index in [4.69, 9.17) is 0 Å². The molecule has 0 aromatic heterocycles. The smallest absolute Gasteiger partial charge is 0.251 e. The Bertz CT molecular complexity index is 895. The largest absolute Gasteiger partial charge is 0.348 e. The van der Waals surface area contributed by atoms with Crippen molar-refractivity contribution in [2.45, 2.75) is 25.9 Å². The van der Waals surface area contributed by atoms with Gasteiger partial charge in [-0.25, -0.2) is 0 Å². The number of amides is 1. The van der Waals surface area contributed by atoms with Gasteiger partial charge in [-0.3, -0.25) is 9.69 Å². The number of hydrogen-bond donors (Lipinski definition) is 1. The number of fused-ring (bicyclic) bond motifs is 1. The van der Waals surface area contributed by atoms with Crippen LogP contribution in [0.15, 0.2) is 66.7 Å². The lowest BCUT2D eigenvalue weighted by Crippen LogP contribution is -2.23. The monoisotopic (exact) mass is 344 g/mol. The summed E-state index contributed by atoms with van der Waals surface area (Å²) < 4.78 is 0. The maximum absolute atomic E-state index is 12.4. The molecular weight excluding hydrogens is 320 g/mol. The highest BCUT2D eigenvalue weighted by molar-refractivity contribution is 5.94. The van der Waals surface area contributed by atoms with Gasteiger partial charge < -0.3 is 5.32 Å². The lowest BCUT2D eigenvalue weighted by molar-refractivity contribution is 0.0951. The van der Waals surface area contributed by atoms with Crippen molar-refractivity contribution < 1.29 is 4.79 Å². The van der Waals surface area contributed by atoms with Gasteiger partial charge in [0, 0.05) is 18.7 Å². The molecule has 1 saturated heterocycles. The Morgan fingerprint density at radius 1 is 0.846 bits per heavy atom. The maximum atomic E-state index is 12.4. The van der Waals surface area contributed by atoms with Crippen LogP contribution in [0, 0.1) is 0 Å². The second kappa shape index (κ2) is 7.71. The van der Waals surface area contributed by atoms with Crippen LogP contribution in [0.5, 0.6) is 0 Å². The first kappa shape index (κ1) is 16.8. The number of likely N-dealkylation sites (tertiary alicyclic amines) is 1. The Kier molecular flexibility index (Phi) is 4.98. The van der Waals surface area contributed by atoms with E-state index in [1.807, 2.05) is 24.3 Å². The van der Waals surface area contributed by atoms with Crippen LogP contribution in [0.1, 0.15) is 34.3 Å². The van der Waals surface area contributed by atoms with E-state index < -0.39 is 0 Å². The van der Waals surface area contributed by atoms with E-state index >= 15 is 0 Å². The second-order valence-electron chi connectivity index (χ2n) is 7.04. The van der Waals surface area contributed by atoms with Crippen LogP contribution in [0.3, 0.4) is 0 Å². The van der Waals surface area contributed by atoms with Gasteiger partial charge in [0.25, 0.3) is 5.91 Å². The van der Waals surface area contributed by atoms with Gasteiger partial charge in [-0.2, -0.15) is 0 Å². The van der Waals surface area contributed by atoms with E-state index in [9.17, 15) is 4.79 Å². The first-order valence-electron chi connectivity index (χ1n) is 9.35. The minimum atomic E-state index is -0.0223. The molecule has 1 N–H and O–H groups in total. The normalized spacial score (nSPS) is 14.6. The Hall–Kier alpha value is -2.65. The number of carbonyl (C=O) groups excluding carboxylic acids is 1. The summed E-state index contributed by atoms with van der Waals surface area (Å²) in [6, 6.07) is 22.6. The van der Waals surface area contributed by atoms with Gasteiger partial charge in [-0.05, 0) is 66.0 Å². The third-order valence-electron chi connectivity index (χ3n) is 5.09. The average molecular weight is 344 g/mol. The second-order valence-corrected chi connectivity index (χ2v) is 7.04. The fourth-order valence-electron chi connectivity index (χ4n) is 3.59. The Balaban J connectivity index is 1.36. The highest BCUT2D eigenvalue weighted by Crippen LogP contribution is 2.16. The molecule has 0 unspecified atom stereocenters. The zero-order valence-electron chi connectivity index (χ0n) is 14.9. The van der Waals surface area contributed by atoms with Crippen molar-refractivity contribution in [3.8, 4) is 0 Å². The SMILES string of the molecule is O=C(NCc1ccc2ccccc2c1)c1ccc(CN2CCCC2)cc1. The quantitative estimate of drug-likeness (QED) is 0.745. The third kappa shape index (κ3) is 3.94. The number of nitrogens with zero attached hydrogens (tertiary/aromatic N) is 1. The number of benzene rings is 3. The Labute approximate surface area is 154 Å². The minimum absolute atomic E-state index is 0.0223. The van der Waals surface area contributed by atoms with Crippen molar-refractivity contribution in [1.82, 2.24) is 10.2 Å². The summed E-state index contributed by atoms with van der Waals surface area (Å²) in [6.45, 7) is 3.90. The average Bonchev–Trinajstić information content (AvgIpc) is 3.19. The predicted molar refractivity (Wildman–Crippen MR) is 106 cm³/mol. The summed E-state index contributed by atoms with van der Waals surface area (Å²) in [6.07, 6.45) is 2.60. The molecule has 3 nitrogen and oxygen atoms in total. The van der Waals surface area contributed by atoms with Crippen LogP contribution in [0.2, 0.25) is 0 Å². The Morgan fingerprint density at radius 3 is 2.31 bits per heavy atom. The van der Waals surface area contributed by atoms with Crippen LogP contribution in [0.25, 0.3) is 10.8 Å². The molecule has 1 fully saturated rings. The highest BCUT2D eigenvalue weighted by Gasteiger charge is 2.12. The van der Waals surface area contributed by atoms with Gasteiger partial charge in [0.1, 0.15) is 0 Å². The molecule has 132 valence electrons. The van der Waals surface area contributed by atoms with Gasteiger partial charge in [0.05, 0.1) is 0 Å². The number of hydrogen-bond acceptors (Lipinski definition) is 2. The fourth-order valence-corrected chi connectivity index (χ4v) is 3.59. The van der Waals surface area contributed by atoms with Crippen LogP contribution in [-0.4, -0.2) is 23.9 Å². The molecule has 1 amide bonds. The maximum Gasteiger partial charge on any atom is 0.251 e. The molecule has 0 atom stereocenters. The standard InChI is InChI=1S/C23H24N2O/c26-23(21-11-7-18(8-12-21)17-25-13-3-4-14-25)24-16-19-9-10-20-5-1-2-6-22(20)15-19/h1-2,5-12,15H,3-4,13-14,16-17H2,(H,24,26). The summed E-state index contributed by atoms with van der Waals surface area (Å²) in [5.41, 5.74) is 3.11. The molecule has 3 aromatic rings. The first-order valence-corrected chi connectivity index (χ1v) is 9.35. The lowest BCUT2D eigenvalue weighted by Gasteiger charge is -2.14. The summed E-state index contributed by atoms with van der Waals surface area (Å²) in [5, 5.41) is 5.44. The van der Waals surface area contributed by atoms with E-state index in [0.717, 1.165) is 17.7 Å². The minimum Gasteiger partial charge on any atom is -0.348 e. The summed E-state index contributed by atoms with van der Waals surface area (Å²) in [7, 11) is 0. The van der Waals surface area contributed by atoms with Crippen molar-refractivity contribution in [2.24, 2.45) is 0 Å². The number of rotatable bonds is 5. The molecule has 4 rings (SSSR count). The highest BCUT2D eigenvalue weighted by atomic mass is 16.1. The number of carbonyl (C=O) groups is 1. The van der Waals surface area contributed by atoms with Crippen LogP contribution in [0.4, 0.5) is 0 Å². The fraction of sp³-hybridized carbons (Fsp3) is 0.261. The molecule has 0 saturated carbocycles. The van der Waals surface area contributed by atoms with Crippen LogP contribution in [-0.2, 0) is 13.1 Å². The predicted octanol–water partition coefficient (Wildman–Crippen LogP) is 4.37. The zero-order chi connectivity index (χ0) is 17.8. The van der Waals surface area contributed by atoms with Gasteiger partial charge in [0.15, 0.2) is 0 Å². The first-order chi connectivity index (χ1) is 12.8. The van der Waals surface area contributed by atoms with Crippen LogP contribution >= 0.6 is 0 Å². The van der Waals surface area contributed by atoms with Gasteiger partial charge in [-0.1, -0.05) is 48.5 Å². The summed E-state index contributed by atoms with van der Waals surface area (Å²) >= 11 is 0. The molecule has 26 heavy (non-hydrogen) atoms. The molecule has 1 heterocycles. The summed E-state index contributed by atoms with van der Waals surface area (Å²) in [4.78, 5) is 14.9. The van der Waals surface area contributed by atoms with Gasteiger partial charge in [-0.15, -0.1) is 0 Å². The molecule has 3 heteroatoms. The zero-order valence-corrected chi connectivity index (χ0v) is 14.9. The van der Waals surface area contributed by atoms with E-state index in [1.54, 1.807) is 0 Å². The number of nitrogens with one attached hydrogen (secondary N) is 1. The van der Waals surface area contributed by atoms with E-state index in [1.165, 1.54) is 42.3 Å². The molecule has 0 radical (unpaired) electrons. The van der Waals surface area contributed by atoms with Crippen molar-refractivity contribution in [1.29, 1.82) is 0 Å². The van der Waals surface area contributed by atoms with E-state index in [2.05, 4.69) is 52.7 Å². The molecule has 0 aliphatic carbocycles. The molecule has 0 bridgehead atoms. The lowest BCUT2D eigenvalue weighted by atomic mass is 10.1. The van der Waals surface area contributed by atoms with Crippen molar-refractivity contribution in [3.63, 3.8) is 0 Å². The summed E-state index contributed by atoms with van der Waals surface area (Å²) in [5.74, 6) is -0.0223. The third-order valence-corrected chi connectivity index (χ3v) is 5.09. The van der Waals surface area contributed by atoms with Crippen molar-refractivity contribution >= 4 is 16.7 Å². The molecule has 1 aliphatic rings. The van der Waals surface area contributed by atoms with Crippen LogP contribution < -0.4 is 5.32 Å². The topological polar surface area (TPSA) is 32.3 Å². The molecule has 3 aromatic carbocycles. The molecule has 0 spiro atoms. The van der Waals surface area contributed by atoms with E-state index in [-0.39, 0.29) is 5.91 Å². The molecule has 1 aliphatic heterocycles. The van der Waals surface area contributed by atoms with E-state index in [0.29, 0.717) is 6.54 Å². The van der Waals surface area contributed by atoms with Crippen molar-refractivity contribution in [2.75, 3.05) is 13.1 Å². The van der Waals surface area contributed by atoms with Gasteiger partial charge >= 0.3 is 0 Å². The Morgan fingerprint density at radius 2 is 1.54 bits per heavy atom. The van der Waals surface area contributed by atoms with Gasteiger partial charge in [0.2, 0.25) is 0 Å². The molecular formula is C23H24N2O. The van der Waals surface area contributed by atoms with Crippen molar-refractivity contribution in [3.05, 3.63) is 83.4 Å².